The van der Waals surface area contributed by atoms with Gasteiger partial charge < -0.3 is 10.5 Å². The maximum absolute atomic E-state index is 5.95. The van der Waals surface area contributed by atoms with Gasteiger partial charge in [0.15, 0.2) is 0 Å². The smallest absolute Gasteiger partial charge is 0.126 e. The van der Waals surface area contributed by atoms with Crippen molar-refractivity contribution in [3.05, 3.63) is 27.7 Å². The average molecular weight is 284 g/mol. The van der Waals surface area contributed by atoms with E-state index in [1.165, 1.54) is 11.1 Å². The molecule has 0 bridgehead atoms. The van der Waals surface area contributed by atoms with Crippen molar-refractivity contribution in [1.29, 1.82) is 0 Å². The zero-order chi connectivity index (χ0) is 11.8. The summed E-state index contributed by atoms with van der Waals surface area (Å²) in [6.45, 7) is 5.78. The highest BCUT2D eigenvalue weighted by Crippen LogP contribution is 2.40. The second-order valence-corrected chi connectivity index (χ2v) is 5.73. The van der Waals surface area contributed by atoms with Crippen molar-refractivity contribution < 1.29 is 4.74 Å². The molecule has 0 amide bonds. The first-order chi connectivity index (χ1) is 7.57. The topological polar surface area (TPSA) is 35.2 Å². The maximum atomic E-state index is 5.95. The number of benzene rings is 1. The fraction of sp³-hybridized carbons (Fsp3) is 0.538. The highest BCUT2D eigenvalue weighted by molar-refractivity contribution is 9.10. The number of fused-ring (bicyclic) bond motifs is 1. The van der Waals surface area contributed by atoms with Gasteiger partial charge in [-0.1, -0.05) is 22.9 Å². The van der Waals surface area contributed by atoms with E-state index >= 15 is 0 Å². The molecule has 1 unspecified atom stereocenters. The number of ether oxygens (including phenoxy) is 1. The van der Waals surface area contributed by atoms with Gasteiger partial charge in [0.25, 0.3) is 0 Å². The summed E-state index contributed by atoms with van der Waals surface area (Å²) in [5, 5.41) is 0. The van der Waals surface area contributed by atoms with Crippen molar-refractivity contribution >= 4 is 15.9 Å². The second kappa shape index (κ2) is 4.38. The van der Waals surface area contributed by atoms with Crippen molar-refractivity contribution in [3.8, 4) is 5.75 Å². The lowest BCUT2D eigenvalue weighted by Crippen LogP contribution is -2.31. The minimum atomic E-state index is 0.0420. The van der Waals surface area contributed by atoms with E-state index in [1.54, 1.807) is 0 Å². The summed E-state index contributed by atoms with van der Waals surface area (Å²) in [5.74, 6) is 1.04. The molecule has 0 radical (unpaired) electrons. The first kappa shape index (κ1) is 11.9. The first-order valence-electron chi connectivity index (χ1n) is 5.70. The van der Waals surface area contributed by atoms with E-state index in [9.17, 15) is 0 Å². The zero-order valence-corrected chi connectivity index (χ0v) is 11.4. The summed E-state index contributed by atoms with van der Waals surface area (Å²) < 4.78 is 6.96. The van der Waals surface area contributed by atoms with Crippen LogP contribution >= 0.6 is 15.9 Å². The predicted octanol–water partition coefficient (Wildman–Crippen LogP) is 3.15. The normalized spacial score (nSPS) is 24.5. The van der Waals surface area contributed by atoms with Crippen LogP contribution in [0.25, 0.3) is 0 Å². The number of hydrogen-bond donors (Lipinski definition) is 1. The Hall–Kier alpha value is -0.540. The molecule has 2 rings (SSSR count). The minimum absolute atomic E-state index is 0.0420. The summed E-state index contributed by atoms with van der Waals surface area (Å²) >= 11 is 3.55. The standard InChI is InChI=1S/C13H18BrNO/c1-9-6-10(14)7-11-12(9)16-5-3-4-13(11,2)8-15/h6-7H,3-5,8,15H2,1-2H3. The Labute approximate surface area is 105 Å². The molecule has 0 aliphatic carbocycles. The van der Waals surface area contributed by atoms with Gasteiger partial charge in [-0.15, -0.1) is 0 Å². The van der Waals surface area contributed by atoms with Crippen molar-refractivity contribution in [2.45, 2.75) is 32.1 Å². The van der Waals surface area contributed by atoms with Crippen molar-refractivity contribution in [2.24, 2.45) is 5.73 Å². The lowest BCUT2D eigenvalue weighted by molar-refractivity contribution is 0.311. The molecule has 1 aliphatic heterocycles. The molecule has 16 heavy (non-hydrogen) atoms. The van der Waals surface area contributed by atoms with E-state index in [2.05, 4.69) is 41.9 Å². The van der Waals surface area contributed by atoms with Crippen molar-refractivity contribution in [3.63, 3.8) is 0 Å². The Morgan fingerprint density at radius 2 is 2.25 bits per heavy atom. The number of nitrogens with two attached hydrogens (primary N) is 1. The lowest BCUT2D eigenvalue weighted by Gasteiger charge is -2.28. The van der Waals surface area contributed by atoms with Gasteiger partial charge >= 0.3 is 0 Å². The molecule has 0 spiro atoms. The molecule has 1 atom stereocenters. The van der Waals surface area contributed by atoms with Gasteiger partial charge in [-0.3, -0.25) is 0 Å². The molecule has 1 heterocycles. The average Bonchev–Trinajstić information content (AvgIpc) is 2.40. The van der Waals surface area contributed by atoms with Crippen LogP contribution in [0.2, 0.25) is 0 Å². The third kappa shape index (κ3) is 1.98. The second-order valence-electron chi connectivity index (χ2n) is 4.82. The molecule has 2 nitrogen and oxygen atoms in total. The van der Waals surface area contributed by atoms with E-state index in [1.807, 2.05) is 0 Å². The van der Waals surface area contributed by atoms with Gasteiger partial charge in [-0.25, -0.2) is 0 Å². The van der Waals surface area contributed by atoms with Gasteiger partial charge in [-0.05, 0) is 37.5 Å². The summed E-state index contributed by atoms with van der Waals surface area (Å²) in [6.07, 6.45) is 2.16. The Morgan fingerprint density at radius 3 is 2.94 bits per heavy atom. The molecule has 1 aliphatic rings. The predicted molar refractivity (Wildman–Crippen MR) is 70.0 cm³/mol. The summed E-state index contributed by atoms with van der Waals surface area (Å²) in [4.78, 5) is 0. The molecule has 88 valence electrons. The molecular formula is C13H18BrNO. The molecule has 0 saturated heterocycles. The van der Waals surface area contributed by atoms with Crippen molar-refractivity contribution in [1.82, 2.24) is 0 Å². The number of rotatable bonds is 1. The van der Waals surface area contributed by atoms with Gasteiger partial charge in [0.2, 0.25) is 0 Å². The van der Waals surface area contributed by atoms with Gasteiger partial charge in [0.1, 0.15) is 5.75 Å². The monoisotopic (exact) mass is 283 g/mol. The van der Waals surface area contributed by atoms with Gasteiger partial charge in [-0.2, -0.15) is 0 Å². The Bertz CT molecular complexity index is 405. The SMILES string of the molecule is Cc1cc(Br)cc2c1OCCCC2(C)CN. The molecule has 0 aromatic heterocycles. The lowest BCUT2D eigenvalue weighted by atomic mass is 9.78. The highest BCUT2D eigenvalue weighted by Gasteiger charge is 2.31. The van der Waals surface area contributed by atoms with Crippen LogP contribution < -0.4 is 10.5 Å². The molecule has 1 aromatic carbocycles. The summed E-state index contributed by atoms with van der Waals surface area (Å²) in [5.41, 5.74) is 8.43. The minimum Gasteiger partial charge on any atom is -0.493 e. The van der Waals surface area contributed by atoms with Crippen LogP contribution in [0.15, 0.2) is 16.6 Å². The third-order valence-electron chi connectivity index (χ3n) is 3.46. The molecule has 0 saturated carbocycles. The molecule has 3 heteroatoms. The fourth-order valence-electron chi connectivity index (χ4n) is 2.35. The van der Waals surface area contributed by atoms with Crippen LogP contribution in [0.5, 0.6) is 5.75 Å². The summed E-state index contributed by atoms with van der Waals surface area (Å²) in [7, 11) is 0. The molecule has 1 aromatic rings. The van der Waals surface area contributed by atoms with Crippen molar-refractivity contribution in [2.75, 3.05) is 13.2 Å². The van der Waals surface area contributed by atoms with Crippen LogP contribution in [0.4, 0.5) is 0 Å². The maximum Gasteiger partial charge on any atom is 0.126 e. The molecule has 2 N–H and O–H groups in total. The van der Waals surface area contributed by atoms with Gasteiger partial charge in [0.05, 0.1) is 6.61 Å². The Morgan fingerprint density at radius 1 is 1.50 bits per heavy atom. The molecular weight excluding hydrogens is 266 g/mol. The highest BCUT2D eigenvalue weighted by atomic mass is 79.9. The van der Waals surface area contributed by atoms with Crippen LogP contribution in [0.1, 0.15) is 30.9 Å². The van der Waals surface area contributed by atoms with E-state index in [4.69, 9.17) is 10.5 Å². The zero-order valence-electron chi connectivity index (χ0n) is 9.85. The van der Waals surface area contributed by atoms with E-state index in [0.717, 1.165) is 29.7 Å². The van der Waals surface area contributed by atoms with Crippen LogP contribution in [0.3, 0.4) is 0 Å². The largest absolute Gasteiger partial charge is 0.493 e. The quantitative estimate of drug-likeness (QED) is 0.859. The van der Waals surface area contributed by atoms with Crippen LogP contribution in [-0.2, 0) is 5.41 Å². The fourth-order valence-corrected chi connectivity index (χ4v) is 2.93. The Balaban J connectivity index is 2.60. The third-order valence-corrected chi connectivity index (χ3v) is 3.92. The van der Waals surface area contributed by atoms with E-state index < -0.39 is 0 Å². The van der Waals surface area contributed by atoms with Gasteiger partial charge in [0, 0.05) is 22.0 Å². The number of halogens is 1. The number of hydrogen-bond acceptors (Lipinski definition) is 2. The van der Waals surface area contributed by atoms with Crippen LogP contribution in [0, 0.1) is 6.92 Å². The van der Waals surface area contributed by atoms with E-state index in [0.29, 0.717) is 6.54 Å². The molecule has 0 fully saturated rings. The Kier molecular flexibility index (Phi) is 3.27. The van der Waals surface area contributed by atoms with E-state index in [-0.39, 0.29) is 5.41 Å². The van der Waals surface area contributed by atoms with Crippen LogP contribution in [-0.4, -0.2) is 13.2 Å². The first-order valence-corrected chi connectivity index (χ1v) is 6.49. The number of aryl methyl sites for hydroxylation is 1. The summed E-state index contributed by atoms with van der Waals surface area (Å²) in [6, 6.07) is 4.25.